The summed E-state index contributed by atoms with van der Waals surface area (Å²) in [4.78, 5) is 4.32. The average molecular weight is 314 g/mol. The summed E-state index contributed by atoms with van der Waals surface area (Å²) in [6, 6.07) is 12.1. The second kappa shape index (κ2) is 5.93. The molecule has 0 bridgehead atoms. The number of benzene rings is 1. The van der Waals surface area contributed by atoms with Crippen molar-refractivity contribution >= 4 is 0 Å². The van der Waals surface area contributed by atoms with Gasteiger partial charge in [0.15, 0.2) is 0 Å². The number of hydrogen-bond donors (Lipinski definition) is 0. The number of nitriles is 1. The first kappa shape index (κ1) is 14.8. The Labute approximate surface area is 129 Å². The van der Waals surface area contributed by atoms with E-state index < -0.39 is 6.55 Å². The van der Waals surface area contributed by atoms with Gasteiger partial charge < -0.3 is 0 Å². The van der Waals surface area contributed by atoms with E-state index in [1.165, 1.54) is 24.3 Å². The second-order valence-electron chi connectivity index (χ2n) is 4.67. The third kappa shape index (κ3) is 2.92. The zero-order chi connectivity index (χ0) is 16.4. The van der Waals surface area contributed by atoms with Crippen molar-refractivity contribution in [1.82, 2.24) is 14.8 Å². The highest BCUT2D eigenvalue weighted by Gasteiger charge is 2.14. The molecular formula is C16H9F3N4. The molecule has 2 heterocycles. The predicted molar refractivity (Wildman–Crippen MR) is 76.8 cm³/mol. The predicted octanol–water partition coefficient (Wildman–Crippen LogP) is 4.02. The van der Waals surface area contributed by atoms with E-state index in [2.05, 4.69) is 10.1 Å². The Morgan fingerprint density at radius 2 is 1.74 bits per heavy atom. The molecule has 4 nitrogen and oxygen atoms in total. The highest BCUT2D eigenvalue weighted by Crippen LogP contribution is 2.25. The van der Waals surface area contributed by atoms with Crippen LogP contribution in [-0.2, 0) is 0 Å². The molecule has 0 aliphatic heterocycles. The summed E-state index contributed by atoms with van der Waals surface area (Å²) in [5.41, 5.74) is 1.73. The van der Waals surface area contributed by atoms with Crippen LogP contribution in [0.3, 0.4) is 0 Å². The standard InChI is InChI=1S/C16H9F3N4/c17-12-4-1-10(2-5-12)13-6-3-11(9-20)15(21-13)14-7-8-23(22-14)16(18)19/h1-8,16H. The van der Waals surface area contributed by atoms with Gasteiger partial charge in [-0.25, -0.2) is 14.1 Å². The summed E-state index contributed by atoms with van der Waals surface area (Å²) in [5.74, 6) is -0.377. The van der Waals surface area contributed by atoms with Gasteiger partial charge in [0, 0.05) is 11.8 Å². The zero-order valence-corrected chi connectivity index (χ0v) is 11.6. The topological polar surface area (TPSA) is 54.5 Å². The van der Waals surface area contributed by atoms with Crippen LogP contribution < -0.4 is 0 Å². The van der Waals surface area contributed by atoms with E-state index in [9.17, 15) is 18.4 Å². The van der Waals surface area contributed by atoms with E-state index in [0.717, 1.165) is 6.20 Å². The molecule has 2 aromatic heterocycles. The van der Waals surface area contributed by atoms with Gasteiger partial charge in [-0.15, -0.1) is 0 Å². The molecule has 0 N–H and O–H groups in total. The first-order valence-electron chi connectivity index (χ1n) is 6.59. The molecule has 0 saturated carbocycles. The van der Waals surface area contributed by atoms with Crippen molar-refractivity contribution in [2.45, 2.75) is 6.55 Å². The lowest BCUT2D eigenvalue weighted by molar-refractivity contribution is 0.0568. The fraction of sp³-hybridized carbons (Fsp3) is 0.0625. The summed E-state index contributed by atoms with van der Waals surface area (Å²) in [5, 5.41) is 12.9. The first-order chi connectivity index (χ1) is 11.1. The van der Waals surface area contributed by atoms with Gasteiger partial charge in [-0.05, 0) is 42.5 Å². The molecule has 1 aromatic carbocycles. The molecule has 0 saturated heterocycles. The summed E-state index contributed by atoms with van der Waals surface area (Å²) in [6.07, 6.45) is 1.12. The largest absolute Gasteiger partial charge is 0.333 e. The number of nitrogens with zero attached hydrogens (tertiary/aromatic N) is 4. The van der Waals surface area contributed by atoms with Crippen LogP contribution in [0, 0.1) is 17.1 Å². The Hall–Kier alpha value is -3.14. The van der Waals surface area contributed by atoms with Gasteiger partial charge in [0.05, 0.1) is 11.3 Å². The van der Waals surface area contributed by atoms with Crippen LogP contribution >= 0.6 is 0 Å². The molecule has 114 valence electrons. The second-order valence-corrected chi connectivity index (χ2v) is 4.67. The number of aromatic nitrogens is 3. The molecule has 0 unspecified atom stereocenters. The van der Waals surface area contributed by atoms with E-state index in [1.807, 2.05) is 6.07 Å². The lowest BCUT2D eigenvalue weighted by Crippen LogP contribution is -1.99. The van der Waals surface area contributed by atoms with Crippen molar-refractivity contribution < 1.29 is 13.2 Å². The van der Waals surface area contributed by atoms with E-state index >= 15 is 0 Å². The summed E-state index contributed by atoms with van der Waals surface area (Å²) < 4.78 is 38.8. The molecule has 0 amide bonds. The lowest BCUT2D eigenvalue weighted by atomic mass is 10.1. The normalized spacial score (nSPS) is 10.7. The first-order valence-corrected chi connectivity index (χ1v) is 6.59. The molecule has 0 fully saturated rings. The Balaban J connectivity index is 2.09. The van der Waals surface area contributed by atoms with Crippen molar-refractivity contribution in [3.63, 3.8) is 0 Å². The van der Waals surface area contributed by atoms with Crippen LogP contribution in [0.5, 0.6) is 0 Å². The van der Waals surface area contributed by atoms with Crippen LogP contribution in [0.1, 0.15) is 12.1 Å². The molecular weight excluding hydrogens is 305 g/mol. The number of hydrogen-bond acceptors (Lipinski definition) is 3. The monoisotopic (exact) mass is 314 g/mol. The minimum Gasteiger partial charge on any atom is -0.245 e. The van der Waals surface area contributed by atoms with Gasteiger partial charge >= 0.3 is 6.55 Å². The Morgan fingerprint density at radius 1 is 1.00 bits per heavy atom. The third-order valence-electron chi connectivity index (χ3n) is 3.21. The van der Waals surface area contributed by atoms with Crippen molar-refractivity contribution in [1.29, 1.82) is 5.26 Å². The highest BCUT2D eigenvalue weighted by molar-refractivity contribution is 5.69. The van der Waals surface area contributed by atoms with Gasteiger partial charge in [-0.2, -0.15) is 19.1 Å². The van der Waals surface area contributed by atoms with Crippen LogP contribution in [0.15, 0.2) is 48.7 Å². The number of halogens is 3. The Morgan fingerprint density at radius 3 is 2.35 bits per heavy atom. The van der Waals surface area contributed by atoms with Gasteiger partial charge in [-0.3, -0.25) is 0 Å². The maximum absolute atomic E-state index is 13.0. The van der Waals surface area contributed by atoms with Crippen molar-refractivity contribution in [2.75, 3.05) is 0 Å². The molecule has 3 aromatic rings. The van der Waals surface area contributed by atoms with Gasteiger partial charge in [0.25, 0.3) is 0 Å². The molecule has 0 radical (unpaired) electrons. The smallest absolute Gasteiger partial charge is 0.245 e. The molecule has 7 heteroatoms. The maximum Gasteiger partial charge on any atom is 0.333 e. The quantitative estimate of drug-likeness (QED) is 0.734. The number of alkyl halides is 2. The lowest BCUT2D eigenvalue weighted by Gasteiger charge is -2.05. The minimum absolute atomic E-state index is 0.172. The molecule has 0 aliphatic rings. The number of pyridine rings is 1. The van der Waals surface area contributed by atoms with Gasteiger partial charge in [-0.1, -0.05) is 0 Å². The summed E-state index contributed by atoms with van der Waals surface area (Å²) in [7, 11) is 0. The average Bonchev–Trinajstić information content (AvgIpc) is 3.05. The fourth-order valence-corrected chi connectivity index (χ4v) is 2.10. The SMILES string of the molecule is N#Cc1ccc(-c2ccc(F)cc2)nc1-c1ccn(C(F)F)n1. The third-order valence-corrected chi connectivity index (χ3v) is 3.21. The van der Waals surface area contributed by atoms with Crippen molar-refractivity contribution in [3.8, 4) is 28.7 Å². The highest BCUT2D eigenvalue weighted by atomic mass is 19.3. The molecule has 0 atom stereocenters. The van der Waals surface area contributed by atoms with Crippen molar-refractivity contribution in [3.05, 3.63) is 60.0 Å². The van der Waals surface area contributed by atoms with E-state index in [0.29, 0.717) is 15.9 Å². The van der Waals surface area contributed by atoms with E-state index in [4.69, 9.17) is 0 Å². The van der Waals surface area contributed by atoms with Crippen molar-refractivity contribution in [2.24, 2.45) is 0 Å². The van der Waals surface area contributed by atoms with Gasteiger partial charge in [0.1, 0.15) is 23.3 Å². The maximum atomic E-state index is 13.0. The van der Waals surface area contributed by atoms with E-state index in [1.54, 1.807) is 18.2 Å². The fourth-order valence-electron chi connectivity index (χ4n) is 2.10. The molecule has 0 aliphatic carbocycles. The Kier molecular flexibility index (Phi) is 3.81. The van der Waals surface area contributed by atoms with Crippen LogP contribution in [0.4, 0.5) is 13.2 Å². The zero-order valence-electron chi connectivity index (χ0n) is 11.6. The molecule has 3 rings (SSSR count). The minimum atomic E-state index is -2.77. The van der Waals surface area contributed by atoms with E-state index in [-0.39, 0.29) is 22.8 Å². The number of rotatable bonds is 3. The van der Waals surface area contributed by atoms with Crippen LogP contribution in [0.25, 0.3) is 22.6 Å². The molecule has 0 spiro atoms. The molecule has 23 heavy (non-hydrogen) atoms. The van der Waals surface area contributed by atoms with Crippen LogP contribution in [0.2, 0.25) is 0 Å². The summed E-state index contributed by atoms with van der Waals surface area (Å²) >= 11 is 0. The Bertz CT molecular complexity index is 879. The van der Waals surface area contributed by atoms with Gasteiger partial charge in [0.2, 0.25) is 0 Å². The van der Waals surface area contributed by atoms with Crippen LogP contribution in [-0.4, -0.2) is 14.8 Å². The summed E-state index contributed by atoms with van der Waals surface area (Å²) in [6.45, 7) is -2.77.